The van der Waals surface area contributed by atoms with Crippen molar-refractivity contribution in [1.29, 1.82) is 0 Å². The molecule has 0 saturated carbocycles. The number of halogens is 1. The van der Waals surface area contributed by atoms with Gasteiger partial charge in [0, 0.05) is 24.8 Å². The van der Waals surface area contributed by atoms with E-state index in [0.29, 0.717) is 24.0 Å². The maximum absolute atomic E-state index is 13.3. The van der Waals surface area contributed by atoms with Crippen molar-refractivity contribution >= 4 is 32.7 Å². The number of rotatable bonds is 4. The van der Waals surface area contributed by atoms with Gasteiger partial charge in [-0.2, -0.15) is 4.31 Å². The number of benzene rings is 2. The van der Waals surface area contributed by atoms with Gasteiger partial charge in [-0.25, -0.2) is 17.6 Å². The molecule has 1 fully saturated rings. The van der Waals surface area contributed by atoms with Crippen LogP contribution in [0.1, 0.15) is 12.8 Å². The molecule has 1 aliphatic rings. The molecular formula is C19H18FN3O5S. The lowest BCUT2D eigenvalue weighted by molar-refractivity contribution is -0.120. The summed E-state index contributed by atoms with van der Waals surface area (Å²) in [4.78, 5) is 26.3. The van der Waals surface area contributed by atoms with Crippen LogP contribution in [0.25, 0.3) is 11.1 Å². The lowest BCUT2D eigenvalue weighted by Crippen LogP contribution is -2.43. The summed E-state index contributed by atoms with van der Waals surface area (Å²) in [7, 11) is -3.87. The minimum Gasteiger partial charge on any atom is -0.408 e. The zero-order chi connectivity index (χ0) is 20.6. The molecule has 1 aliphatic heterocycles. The zero-order valence-electron chi connectivity index (χ0n) is 15.2. The molecule has 0 aliphatic carbocycles. The number of hydrogen-bond acceptors (Lipinski definition) is 5. The highest BCUT2D eigenvalue weighted by molar-refractivity contribution is 7.89. The van der Waals surface area contributed by atoms with Crippen molar-refractivity contribution < 1.29 is 22.0 Å². The molecule has 1 unspecified atom stereocenters. The van der Waals surface area contributed by atoms with Crippen molar-refractivity contribution in [3.63, 3.8) is 0 Å². The highest BCUT2D eigenvalue weighted by atomic mass is 32.2. The molecule has 1 amide bonds. The average molecular weight is 419 g/mol. The smallest absolute Gasteiger partial charge is 0.408 e. The molecule has 29 heavy (non-hydrogen) atoms. The Labute approximate surface area is 165 Å². The number of sulfonamides is 1. The third-order valence-electron chi connectivity index (χ3n) is 4.88. The van der Waals surface area contributed by atoms with Gasteiger partial charge in [-0.15, -0.1) is 0 Å². The van der Waals surface area contributed by atoms with E-state index in [2.05, 4.69) is 10.3 Å². The van der Waals surface area contributed by atoms with Crippen LogP contribution < -0.4 is 11.1 Å². The maximum atomic E-state index is 13.3. The van der Waals surface area contributed by atoms with Crippen LogP contribution in [0, 0.1) is 11.7 Å². The number of hydrogen-bond donors (Lipinski definition) is 2. The van der Waals surface area contributed by atoms with Crippen molar-refractivity contribution in [2.45, 2.75) is 17.7 Å². The molecule has 2 heterocycles. The largest absolute Gasteiger partial charge is 0.417 e. The summed E-state index contributed by atoms with van der Waals surface area (Å²) in [5.41, 5.74) is 0.872. The summed E-state index contributed by atoms with van der Waals surface area (Å²) in [6.07, 6.45) is 1.04. The number of carbonyl (C=O) groups is 1. The Hall–Kier alpha value is -2.98. The lowest BCUT2D eigenvalue weighted by atomic mass is 9.99. The molecule has 1 aromatic heterocycles. The first-order valence-corrected chi connectivity index (χ1v) is 10.5. The van der Waals surface area contributed by atoms with Crippen molar-refractivity contribution in [3.8, 4) is 0 Å². The van der Waals surface area contributed by atoms with Crippen molar-refractivity contribution in [2.24, 2.45) is 5.92 Å². The van der Waals surface area contributed by atoms with E-state index in [4.69, 9.17) is 4.42 Å². The van der Waals surface area contributed by atoms with E-state index in [-0.39, 0.29) is 29.5 Å². The number of aromatic nitrogens is 1. The molecule has 1 atom stereocenters. The second kappa shape index (κ2) is 7.45. The number of piperidine rings is 1. The molecule has 4 rings (SSSR count). The predicted octanol–water partition coefficient (Wildman–Crippen LogP) is 2.30. The first-order chi connectivity index (χ1) is 13.8. The number of nitrogens with one attached hydrogen (secondary N) is 2. The van der Waals surface area contributed by atoms with Crippen LogP contribution in [-0.2, 0) is 14.8 Å². The van der Waals surface area contributed by atoms with Crippen LogP contribution in [0.4, 0.5) is 10.1 Å². The second-order valence-electron chi connectivity index (χ2n) is 6.87. The van der Waals surface area contributed by atoms with E-state index in [1.54, 1.807) is 6.07 Å². The average Bonchev–Trinajstić information content (AvgIpc) is 3.07. The van der Waals surface area contributed by atoms with Crippen molar-refractivity contribution in [3.05, 3.63) is 58.8 Å². The van der Waals surface area contributed by atoms with E-state index in [9.17, 15) is 22.4 Å². The topological polar surface area (TPSA) is 112 Å². The van der Waals surface area contributed by atoms with Gasteiger partial charge in [0.1, 0.15) is 5.82 Å². The van der Waals surface area contributed by atoms with Crippen LogP contribution in [-0.4, -0.2) is 36.7 Å². The van der Waals surface area contributed by atoms with Gasteiger partial charge >= 0.3 is 5.76 Å². The Morgan fingerprint density at radius 2 is 2.07 bits per heavy atom. The van der Waals surface area contributed by atoms with Gasteiger partial charge in [-0.05, 0) is 43.2 Å². The molecule has 8 nitrogen and oxygen atoms in total. The number of carbonyl (C=O) groups excluding carboxylic acids is 1. The minimum absolute atomic E-state index is 0.0125. The summed E-state index contributed by atoms with van der Waals surface area (Å²) in [6, 6.07) is 9.67. The third kappa shape index (κ3) is 3.94. The number of H-pyrrole nitrogens is 1. The van der Waals surface area contributed by atoms with Gasteiger partial charge in [0.05, 0.1) is 16.3 Å². The van der Waals surface area contributed by atoms with Crippen LogP contribution in [0.15, 0.2) is 56.6 Å². The van der Waals surface area contributed by atoms with Crippen LogP contribution in [0.3, 0.4) is 0 Å². The normalized spacial score (nSPS) is 18.0. The molecule has 1 saturated heterocycles. The third-order valence-corrected chi connectivity index (χ3v) is 6.74. The molecule has 0 radical (unpaired) electrons. The number of aromatic amines is 1. The molecule has 2 N–H and O–H groups in total. The van der Waals surface area contributed by atoms with Crippen molar-refractivity contribution in [1.82, 2.24) is 9.29 Å². The summed E-state index contributed by atoms with van der Waals surface area (Å²) < 4.78 is 45.5. The Morgan fingerprint density at radius 3 is 2.86 bits per heavy atom. The molecule has 10 heteroatoms. The molecule has 0 spiro atoms. The van der Waals surface area contributed by atoms with Gasteiger partial charge in [-0.1, -0.05) is 6.07 Å². The lowest BCUT2D eigenvalue weighted by Gasteiger charge is -2.31. The van der Waals surface area contributed by atoms with E-state index >= 15 is 0 Å². The van der Waals surface area contributed by atoms with E-state index in [0.717, 1.165) is 0 Å². The summed E-state index contributed by atoms with van der Waals surface area (Å²) in [6.45, 7) is 0.291. The Balaban J connectivity index is 1.53. The quantitative estimate of drug-likeness (QED) is 0.674. The molecule has 0 bridgehead atoms. The molecule has 3 aromatic rings. The fraction of sp³-hybridized carbons (Fsp3) is 0.263. The first-order valence-electron chi connectivity index (χ1n) is 9.02. The van der Waals surface area contributed by atoms with Gasteiger partial charge in [-0.3, -0.25) is 9.78 Å². The molecule has 2 aromatic carbocycles. The Morgan fingerprint density at radius 1 is 1.24 bits per heavy atom. The number of nitrogens with zero attached hydrogens (tertiary/aromatic N) is 1. The molecular weight excluding hydrogens is 401 g/mol. The maximum Gasteiger partial charge on any atom is 0.417 e. The van der Waals surface area contributed by atoms with Crippen LogP contribution in [0.5, 0.6) is 0 Å². The van der Waals surface area contributed by atoms with Gasteiger partial charge in [0.15, 0.2) is 5.58 Å². The van der Waals surface area contributed by atoms with Gasteiger partial charge < -0.3 is 9.73 Å². The summed E-state index contributed by atoms with van der Waals surface area (Å²) in [5, 5.41) is 2.64. The highest BCUT2D eigenvalue weighted by Gasteiger charge is 2.33. The van der Waals surface area contributed by atoms with E-state index < -0.39 is 27.5 Å². The zero-order valence-corrected chi connectivity index (χ0v) is 16.0. The van der Waals surface area contributed by atoms with Crippen molar-refractivity contribution in [2.75, 3.05) is 18.4 Å². The number of anilines is 1. The fourth-order valence-electron chi connectivity index (χ4n) is 3.42. The summed E-state index contributed by atoms with van der Waals surface area (Å²) in [5.74, 6) is -2.05. The number of amides is 1. The molecule has 152 valence electrons. The fourth-order valence-corrected chi connectivity index (χ4v) is 4.96. The number of oxazole rings is 1. The number of fused-ring (bicyclic) bond motifs is 1. The standard InChI is InChI=1S/C19H18FN3O5S/c20-13-4-1-5-14(9-13)21-18(24)12-3-2-8-23(11-12)29(26,27)15-6-7-16-17(10-15)28-19(25)22-16/h1,4-7,9-10,12H,2-3,8,11H2,(H,21,24)(H,22,25). The predicted molar refractivity (Wildman–Crippen MR) is 103 cm³/mol. The van der Waals surface area contributed by atoms with Crippen LogP contribution in [0.2, 0.25) is 0 Å². The van der Waals surface area contributed by atoms with Gasteiger partial charge in [0.2, 0.25) is 15.9 Å². The first kappa shape index (κ1) is 19.3. The van der Waals surface area contributed by atoms with Gasteiger partial charge in [0.25, 0.3) is 0 Å². The Bertz CT molecular complexity index is 1230. The highest BCUT2D eigenvalue weighted by Crippen LogP contribution is 2.26. The van der Waals surface area contributed by atoms with E-state index in [1.807, 2.05) is 0 Å². The minimum atomic E-state index is -3.87. The van der Waals surface area contributed by atoms with Crippen LogP contribution >= 0.6 is 0 Å². The van der Waals surface area contributed by atoms with E-state index in [1.165, 1.54) is 40.7 Å². The Kier molecular flexibility index (Phi) is 4.97. The summed E-state index contributed by atoms with van der Waals surface area (Å²) >= 11 is 0. The second-order valence-corrected chi connectivity index (χ2v) is 8.81. The SMILES string of the molecule is O=C(Nc1cccc(F)c1)C1CCCN(S(=O)(=O)c2ccc3[nH]c(=O)oc3c2)C1. The monoisotopic (exact) mass is 419 g/mol.